The summed E-state index contributed by atoms with van der Waals surface area (Å²) in [7, 11) is -1.49. The Morgan fingerprint density at radius 3 is 2.52 bits per heavy atom. The van der Waals surface area contributed by atoms with Gasteiger partial charge in [-0.15, -0.1) is 0 Å². The molecule has 9 heteroatoms. The minimum Gasteiger partial charge on any atom is -0.348 e. The molecule has 1 amide bonds. The van der Waals surface area contributed by atoms with Crippen LogP contribution in [0.5, 0.6) is 0 Å². The van der Waals surface area contributed by atoms with Crippen LogP contribution in [-0.4, -0.2) is 66.1 Å². The van der Waals surface area contributed by atoms with Crippen LogP contribution in [0, 0.1) is 0 Å². The van der Waals surface area contributed by atoms with Crippen LogP contribution in [0.4, 0.5) is 0 Å². The smallest absolute Gasteiger partial charge is 0.253 e. The number of likely N-dealkylation sites (N-methyl/N-ethyl adjacent to an activating group) is 1. The van der Waals surface area contributed by atoms with Crippen LogP contribution in [-0.2, 0) is 16.6 Å². The second-order valence-corrected chi connectivity index (χ2v) is 9.08. The number of carbonyl (C=O) groups is 1. The number of carbonyl (C=O) groups excluding carboxylic acids is 1. The number of sulfonamides is 1. The molecule has 8 nitrogen and oxygen atoms in total. The highest BCUT2D eigenvalue weighted by atomic mass is 32.2. The molecular weight excluding hydrogens is 390 g/mol. The highest BCUT2D eigenvalue weighted by Gasteiger charge is 2.27. The second kappa shape index (κ2) is 7.94. The van der Waals surface area contributed by atoms with Crippen molar-refractivity contribution in [3.05, 3.63) is 66.1 Å². The van der Waals surface area contributed by atoms with E-state index in [1.165, 1.54) is 4.31 Å². The van der Waals surface area contributed by atoms with Gasteiger partial charge >= 0.3 is 0 Å². The number of amides is 1. The van der Waals surface area contributed by atoms with E-state index >= 15 is 0 Å². The molecule has 1 N–H and O–H groups in total. The van der Waals surface area contributed by atoms with Gasteiger partial charge < -0.3 is 14.6 Å². The van der Waals surface area contributed by atoms with E-state index < -0.39 is 10.0 Å². The lowest BCUT2D eigenvalue weighted by Crippen LogP contribution is -2.47. The van der Waals surface area contributed by atoms with Gasteiger partial charge in [-0.2, -0.15) is 4.31 Å². The summed E-state index contributed by atoms with van der Waals surface area (Å²) >= 11 is 0. The van der Waals surface area contributed by atoms with E-state index in [2.05, 4.69) is 15.2 Å². The van der Waals surface area contributed by atoms with Gasteiger partial charge in [0.05, 0.1) is 10.5 Å². The molecule has 0 bridgehead atoms. The predicted molar refractivity (Wildman–Crippen MR) is 109 cm³/mol. The summed E-state index contributed by atoms with van der Waals surface area (Å²) in [5, 5.41) is 2.86. The first kappa shape index (κ1) is 19.6. The van der Waals surface area contributed by atoms with E-state index in [9.17, 15) is 13.2 Å². The summed E-state index contributed by atoms with van der Waals surface area (Å²) < 4.78 is 28.9. The standard InChI is InChI=1S/C20H23N5O3S/c1-23-10-12-25(13-11-23)29(27,28)18-5-2-16(3-6-18)14-22-20(26)17-4-7-19-21-8-9-24(19)15-17/h2-9,15H,10-14H2,1H3,(H,22,26). The molecule has 4 rings (SSSR count). The fourth-order valence-corrected chi connectivity index (χ4v) is 4.72. The predicted octanol–water partition coefficient (Wildman–Crippen LogP) is 1.20. The Morgan fingerprint density at radius 2 is 1.79 bits per heavy atom. The monoisotopic (exact) mass is 413 g/mol. The summed E-state index contributed by atoms with van der Waals surface area (Å²) in [6.07, 6.45) is 5.18. The molecule has 0 spiro atoms. The van der Waals surface area contributed by atoms with E-state index in [0.717, 1.165) is 24.3 Å². The van der Waals surface area contributed by atoms with Crippen molar-refractivity contribution < 1.29 is 13.2 Å². The molecule has 0 atom stereocenters. The van der Waals surface area contributed by atoms with Crippen LogP contribution in [0.15, 0.2) is 59.9 Å². The fourth-order valence-electron chi connectivity index (χ4n) is 3.30. The van der Waals surface area contributed by atoms with Crippen LogP contribution in [0.3, 0.4) is 0 Å². The Hall–Kier alpha value is -2.75. The van der Waals surface area contributed by atoms with Gasteiger partial charge in [-0.3, -0.25) is 4.79 Å². The molecule has 2 aromatic heterocycles. The number of hydrogen-bond donors (Lipinski definition) is 1. The average Bonchev–Trinajstić information content (AvgIpc) is 3.20. The molecule has 29 heavy (non-hydrogen) atoms. The highest BCUT2D eigenvalue weighted by Crippen LogP contribution is 2.18. The van der Waals surface area contributed by atoms with Crippen LogP contribution in [0.2, 0.25) is 0 Å². The van der Waals surface area contributed by atoms with Crippen molar-refractivity contribution >= 4 is 21.6 Å². The number of aromatic nitrogens is 2. The van der Waals surface area contributed by atoms with E-state index in [-0.39, 0.29) is 10.8 Å². The average molecular weight is 414 g/mol. The Labute approximate surface area is 169 Å². The first-order chi connectivity index (χ1) is 13.9. The molecule has 3 heterocycles. The molecule has 0 aliphatic carbocycles. The zero-order valence-electron chi connectivity index (χ0n) is 16.2. The number of piperazine rings is 1. The molecule has 0 saturated carbocycles. The number of imidazole rings is 1. The molecular formula is C20H23N5O3S. The Kier molecular flexibility index (Phi) is 5.35. The summed E-state index contributed by atoms with van der Waals surface area (Å²) in [6, 6.07) is 10.2. The van der Waals surface area contributed by atoms with Crippen LogP contribution in [0.25, 0.3) is 5.65 Å². The quantitative estimate of drug-likeness (QED) is 0.679. The van der Waals surface area contributed by atoms with Crippen LogP contribution < -0.4 is 5.32 Å². The van der Waals surface area contributed by atoms with Gasteiger partial charge in [0.15, 0.2) is 0 Å². The van der Waals surface area contributed by atoms with Crippen molar-refractivity contribution in [1.82, 2.24) is 23.9 Å². The molecule has 1 fully saturated rings. The molecule has 0 radical (unpaired) electrons. The SMILES string of the molecule is CN1CCN(S(=O)(=O)c2ccc(CNC(=O)c3ccc4nccn4c3)cc2)CC1. The number of rotatable bonds is 5. The van der Waals surface area contributed by atoms with Crippen molar-refractivity contribution in [1.29, 1.82) is 0 Å². The van der Waals surface area contributed by atoms with Gasteiger partial charge in [-0.25, -0.2) is 13.4 Å². The van der Waals surface area contributed by atoms with E-state index in [1.54, 1.807) is 59.4 Å². The normalized spacial score (nSPS) is 16.2. The van der Waals surface area contributed by atoms with Crippen molar-refractivity contribution in [3.63, 3.8) is 0 Å². The molecule has 3 aromatic rings. The molecule has 152 valence electrons. The maximum absolute atomic E-state index is 12.8. The number of nitrogens with one attached hydrogen (secondary N) is 1. The number of nitrogens with zero attached hydrogens (tertiary/aromatic N) is 4. The summed E-state index contributed by atoms with van der Waals surface area (Å²) in [6.45, 7) is 2.77. The lowest BCUT2D eigenvalue weighted by molar-refractivity contribution is 0.0950. The third kappa shape index (κ3) is 4.16. The van der Waals surface area contributed by atoms with Gasteiger partial charge in [-0.05, 0) is 36.9 Å². The zero-order valence-corrected chi connectivity index (χ0v) is 17.0. The third-order valence-corrected chi connectivity index (χ3v) is 7.04. The minimum atomic E-state index is -3.48. The van der Waals surface area contributed by atoms with Crippen molar-refractivity contribution in [2.45, 2.75) is 11.4 Å². The van der Waals surface area contributed by atoms with E-state index in [0.29, 0.717) is 25.2 Å². The van der Waals surface area contributed by atoms with Crippen molar-refractivity contribution in [2.24, 2.45) is 0 Å². The number of benzene rings is 1. The van der Waals surface area contributed by atoms with Crippen LogP contribution in [0.1, 0.15) is 15.9 Å². The van der Waals surface area contributed by atoms with Crippen molar-refractivity contribution in [3.8, 4) is 0 Å². The topological polar surface area (TPSA) is 87.0 Å². The first-order valence-corrected chi connectivity index (χ1v) is 10.9. The maximum Gasteiger partial charge on any atom is 0.253 e. The summed E-state index contributed by atoms with van der Waals surface area (Å²) in [5.74, 6) is -0.199. The summed E-state index contributed by atoms with van der Waals surface area (Å²) in [5.41, 5.74) is 2.14. The molecule has 1 aliphatic rings. The number of fused-ring (bicyclic) bond motifs is 1. The van der Waals surface area contributed by atoms with E-state index in [4.69, 9.17) is 0 Å². The fraction of sp³-hybridized carbons (Fsp3) is 0.300. The molecule has 1 saturated heterocycles. The number of pyridine rings is 1. The lowest BCUT2D eigenvalue weighted by Gasteiger charge is -2.31. The maximum atomic E-state index is 12.8. The Bertz CT molecular complexity index is 1120. The minimum absolute atomic E-state index is 0.199. The van der Waals surface area contributed by atoms with E-state index in [1.807, 2.05) is 7.05 Å². The first-order valence-electron chi connectivity index (χ1n) is 9.42. The van der Waals surface area contributed by atoms with Gasteiger partial charge in [0.25, 0.3) is 5.91 Å². The highest BCUT2D eigenvalue weighted by molar-refractivity contribution is 7.89. The summed E-state index contributed by atoms with van der Waals surface area (Å²) in [4.78, 5) is 18.9. The lowest BCUT2D eigenvalue weighted by atomic mass is 10.2. The second-order valence-electron chi connectivity index (χ2n) is 7.14. The number of hydrogen-bond acceptors (Lipinski definition) is 5. The van der Waals surface area contributed by atoms with Crippen LogP contribution >= 0.6 is 0 Å². The zero-order chi connectivity index (χ0) is 20.4. The molecule has 0 unspecified atom stereocenters. The van der Waals surface area contributed by atoms with Crippen molar-refractivity contribution in [2.75, 3.05) is 33.2 Å². The van der Waals surface area contributed by atoms with Gasteiger partial charge in [0.1, 0.15) is 5.65 Å². The third-order valence-electron chi connectivity index (χ3n) is 5.13. The Balaban J connectivity index is 1.39. The largest absolute Gasteiger partial charge is 0.348 e. The molecule has 1 aromatic carbocycles. The molecule has 1 aliphatic heterocycles. The van der Waals surface area contributed by atoms with Gasteiger partial charge in [0, 0.05) is 51.3 Å². The van der Waals surface area contributed by atoms with Gasteiger partial charge in [0.2, 0.25) is 10.0 Å². The Morgan fingerprint density at radius 1 is 1.07 bits per heavy atom. The van der Waals surface area contributed by atoms with Gasteiger partial charge in [-0.1, -0.05) is 12.1 Å².